The first-order valence-electron chi connectivity index (χ1n) is 4.50. The van der Waals surface area contributed by atoms with Gasteiger partial charge in [0.1, 0.15) is 5.76 Å². The Morgan fingerprint density at radius 2 is 2.43 bits per heavy atom. The molecule has 0 aliphatic heterocycles. The number of carbonyl (C=O) groups is 1. The van der Waals surface area contributed by atoms with Crippen LogP contribution in [0.3, 0.4) is 0 Å². The molecule has 1 amide bonds. The van der Waals surface area contributed by atoms with Crippen LogP contribution in [0.4, 0.5) is 0 Å². The van der Waals surface area contributed by atoms with Gasteiger partial charge in [0.15, 0.2) is 0 Å². The van der Waals surface area contributed by atoms with Crippen molar-refractivity contribution < 1.29 is 9.32 Å². The zero-order valence-electron chi connectivity index (χ0n) is 8.49. The molecule has 14 heavy (non-hydrogen) atoms. The Hall–Kier alpha value is -1.36. The highest BCUT2D eigenvalue weighted by Gasteiger charge is 2.02. The fourth-order valence-corrected chi connectivity index (χ4v) is 0.964. The van der Waals surface area contributed by atoms with Crippen LogP contribution in [0.15, 0.2) is 16.8 Å². The van der Waals surface area contributed by atoms with E-state index in [0.29, 0.717) is 19.5 Å². The van der Waals surface area contributed by atoms with E-state index >= 15 is 0 Å². The second-order valence-electron chi connectivity index (χ2n) is 3.19. The van der Waals surface area contributed by atoms with Gasteiger partial charge in [-0.05, 0) is 0 Å². The lowest BCUT2D eigenvalue weighted by Crippen LogP contribution is -2.26. The summed E-state index contributed by atoms with van der Waals surface area (Å²) in [6.07, 6.45) is 2.10. The van der Waals surface area contributed by atoms with Gasteiger partial charge in [-0.3, -0.25) is 4.79 Å². The molecule has 0 atom stereocenters. The van der Waals surface area contributed by atoms with Gasteiger partial charge in [0.25, 0.3) is 0 Å². The molecule has 1 aromatic rings. The third-order valence-electron chi connectivity index (χ3n) is 1.80. The summed E-state index contributed by atoms with van der Waals surface area (Å²) in [4.78, 5) is 12.7. The molecule has 0 aliphatic carbocycles. The van der Waals surface area contributed by atoms with Crippen molar-refractivity contribution in [1.29, 1.82) is 0 Å². The number of hydrogen-bond donors (Lipinski definition) is 1. The van der Waals surface area contributed by atoms with Gasteiger partial charge in [0.05, 0.1) is 12.7 Å². The van der Waals surface area contributed by atoms with Crippen LogP contribution in [-0.2, 0) is 11.3 Å². The lowest BCUT2D eigenvalue weighted by Gasteiger charge is -2.09. The van der Waals surface area contributed by atoms with Gasteiger partial charge in [-0.1, -0.05) is 5.16 Å². The summed E-state index contributed by atoms with van der Waals surface area (Å²) >= 11 is 0. The normalized spacial score (nSPS) is 10.1. The van der Waals surface area contributed by atoms with Gasteiger partial charge in [-0.2, -0.15) is 0 Å². The lowest BCUT2D eigenvalue weighted by molar-refractivity contribution is -0.128. The van der Waals surface area contributed by atoms with Crippen molar-refractivity contribution >= 4 is 5.91 Å². The Morgan fingerprint density at radius 1 is 1.64 bits per heavy atom. The lowest BCUT2D eigenvalue weighted by atomic mass is 10.3. The summed E-state index contributed by atoms with van der Waals surface area (Å²) in [7, 11) is 3.50. The van der Waals surface area contributed by atoms with Crippen molar-refractivity contribution in [3.63, 3.8) is 0 Å². The van der Waals surface area contributed by atoms with Gasteiger partial charge >= 0.3 is 0 Å². The highest BCUT2D eigenvalue weighted by molar-refractivity contribution is 5.75. The molecule has 78 valence electrons. The van der Waals surface area contributed by atoms with Gasteiger partial charge in [-0.25, -0.2) is 0 Å². The number of amides is 1. The average Bonchev–Trinajstić information content (AvgIpc) is 2.64. The minimum Gasteiger partial charge on any atom is -0.360 e. The third kappa shape index (κ3) is 3.57. The van der Waals surface area contributed by atoms with E-state index < -0.39 is 0 Å². The van der Waals surface area contributed by atoms with Gasteiger partial charge < -0.3 is 14.7 Å². The second kappa shape index (κ2) is 5.39. The zero-order valence-corrected chi connectivity index (χ0v) is 8.49. The summed E-state index contributed by atoms with van der Waals surface area (Å²) in [6.45, 7) is 1.26. The highest BCUT2D eigenvalue weighted by atomic mass is 16.5. The number of rotatable bonds is 5. The van der Waals surface area contributed by atoms with Gasteiger partial charge in [-0.15, -0.1) is 0 Å². The van der Waals surface area contributed by atoms with E-state index in [1.54, 1.807) is 31.3 Å². The molecule has 0 fully saturated rings. The van der Waals surface area contributed by atoms with E-state index in [2.05, 4.69) is 10.5 Å². The summed E-state index contributed by atoms with van der Waals surface area (Å²) in [5.41, 5.74) is 0. The molecule has 0 spiro atoms. The smallest absolute Gasteiger partial charge is 0.223 e. The van der Waals surface area contributed by atoms with Crippen molar-refractivity contribution in [1.82, 2.24) is 15.4 Å². The molecule has 0 bridgehead atoms. The van der Waals surface area contributed by atoms with E-state index in [4.69, 9.17) is 4.52 Å². The summed E-state index contributed by atoms with van der Waals surface area (Å²) in [5, 5.41) is 6.67. The Morgan fingerprint density at radius 3 is 3.00 bits per heavy atom. The Kier molecular flexibility index (Phi) is 4.12. The molecule has 1 heterocycles. The predicted octanol–water partition coefficient (Wildman–Crippen LogP) is 0.242. The van der Waals surface area contributed by atoms with Crippen LogP contribution in [-0.4, -0.2) is 36.6 Å². The Labute approximate surface area is 83.1 Å². The van der Waals surface area contributed by atoms with Crippen molar-refractivity contribution in [3.8, 4) is 0 Å². The zero-order chi connectivity index (χ0) is 10.4. The molecule has 1 rings (SSSR count). The fraction of sp³-hybridized carbons (Fsp3) is 0.556. The number of nitrogens with zero attached hydrogens (tertiary/aromatic N) is 2. The molecule has 1 aromatic heterocycles. The molecule has 0 radical (unpaired) electrons. The monoisotopic (exact) mass is 197 g/mol. The van der Waals surface area contributed by atoms with Crippen LogP contribution < -0.4 is 5.32 Å². The minimum atomic E-state index is 0.120. The number of hydrogen-bond acceptors (Lipinski definition) is 4. The van der Waals surface area contributed by atoms with Crippen LogP contribution >= 0.6 is 0 Å². The molecular formula is C9H15N3O2. The van der Waals surface area contributed by atoms with Crippen molar-refractivity contribution in [3.05, 3.63) is 18.0 Å². The highest BCUT2D eigenvalue weighted by Crippen LogP contribution is 1.94. The molecular weight excluding hydrogens is 182 g/mol. The first-order valence-corrected chi connectivity index (χ1v) is 4.50. The second-order valence-corrected chi connectivity index (χ2v) is 3.19. The van der Waals surface area contributed by atoms with E-state index in [9.17, 15) is 4.79 Å². The van der Waals surface area contributed by atoms with Crippen molar-refractivity contribution in [2.24, 2.45) is 0 Å². The first-order chi connectivity index (χ1) is 6.70. The standard InChI is InChI=1S/C9H15N3O2/c1-12(2)9(13)4-5-10-7-8-3-6-11-14-8/h3,6,10H,4-5,7H2,1-2H3. The maximum Gasteiger partial charge on any atom is 0.223 e. The molecule has 0 aromatic carbocycles. The minimum absolute atomic E-state index is 0.120. The SMILES string of the molecule is CN(C)C(=O)CCNCc1ccno1. The number of carbonyl (C=O) groups excluding carboxylic acids is 1. The molecule has 0 aliphatic rings. The maximum atomic E-state index is 11.2. The van der Waals surface area contributed by atoms with Crippen molar-refractivity contribution in [2.45, 2.75) is 13.0 Å². The average molecular weight is 197 g/mol. The van der Waals surface area contributed by atoms with E-state index in [1.165, 1.54) is 0 Å². The quantitative estimate of drug-likeness (QED) is 0.687. The van der Waals surface area contributed by atoms with Gasteiger partial charge in [0.2, 0.25) is 5.91 Å². The van der Waals surface area contributed by atoms with Crippen molar-refractivity contribution in [2.75, 3.05) is 20.6 Å². The van der Waals surface area contributed by atoms with Crippen LogP contribution in [0, 0.1) is 0 Å². The van der Waals surface area contributed by atoms with Crippen LogP contribution in [0.5, 0.6) is 0 Å². The molecule has 1 N–H and O–H groups in total. The van der Waals surface area contributed by atoms with E-state index in [-0.39, 0.29) is 5.91 Å². The van der Waals surface area contributed by atoms with Crippen LogP contribution in [0.2, 0.25) is 0 Å². The van der Waals surface area contributed by atoms with E-state index in [0.717, 1.165) is 5.76 Å². The summed E-state index contributed by atoms with van der Waals surface area (Å²) in [5.74, 6) is 0.900. The van der Waals surface area contributed by atoms with Crippen LogP contribution in [0.25, 0.3) is 0 Å². The topological polar surface area (TPSA) is 58.4 Å². The molecule has 5 nitrogen and oxygen atoms in total. The molecule has 0 saturated carbocycles. The largest absolute Gasteiger partial charge is 0.360 e. The Bertz CT molecular complexity index is 270. The summed E-state index contributed by atoms with van der Waals surface area (Å²) < 4.78 is 4.88. The molecule has 0 unspecified atom stereocenters. The predicted molar refractivity (Wildman–Crippen MR) is 51.5 cm³/mol. The molecule has 5 heteroatoms. The van der Waals surface area contributed by atoms with Gasteiger partial charge in [0, 0.05) is 33.1 Å². The Balaban J connectivity index is 2.08. The number of nitrogens with one attached hydrogen (secondary N) is 1. The number of aromatic nitrogens is 1. The first kappa shape index (κ1) is 10.7. The fourth-order valence-electron chi connectivity index (χ4n) is 0.964. The molecule has 0 saturated heterocycles. The third-order valence-corrected chi connectivity index (χ3v) is 1.80. The summed E-state index contributed by atoms with van der Waals surface area (Å²) in [6, 6.07) is 1.79. The van der Waals surface area contributed by atoms with Crippen LogP contribution in [0.1, 0.15) is 12.2 Å². The maximum absolute atomic E-state index is 11.2. The van der Waals surface area contributed by atoms with E-state index in [1.807, 2.05) is 0 Å².